The zero-order valence-electron chi connectivity index (χ0n) is 12.1. The molecular weight excluding hydrogens is 295 g/mol. The van der Waals surface area contributed by atoms with E-state index in [9.17, 15) is 9.18 Å². The lowest BCUT2D eigenvalue weighted by Gasteiger charge is -2.06. The van der Waals surface area contributed by atoms with E-state index in [0.29, 0.717) is 5.56 Å². The summed E-state index contributed by atoms with van der Waals surface area (Å²) in [5.74, 6) is -0.607. The van der Waals surface area contributed by atoms with Crippen molar-refractivity contribution in [1.29, 1.82) is 0 Å². The molecule has 0 saturated carbocycles. The second kappa shape index (κ2) is 6.65. The average Bonchev–Trinajstić information content (AvgIpc) is 3.05. The van der Waals surface area contributed by atoms with Crippen molar-refractivity contribution in [2.75, 3.05) is 0 Å². The molecule has 0 aliphatic rings. The highest BCUT2D eigenvalue weighted by Crippen LogP contribution is 2.12. The highest BCUT2D eigenvalue weighted by molar-refractivity contribution is 5.94. The molecule has 0 aliphatic carbocycles. The summed E-state index contributed by atoms with van der Waals surface area (Å²) < 4.78 is 14.8. The number of carbonyl (C=O) groups is 1. The first-order valence-corrected chi connectivity index (χ1v) is 6.91. The van der Waals surface area contributed by atoms with Gasteiger partial charge in [-0.1, -0.05) is 0 Å². The van der Waals surface area contributed by atoms with Crippen molar-refractivity contribution in [1.82, 2.24) is 15.0 Å². The van der Waals surface area contributed by atoms with Crippen LogP contribution in [0.2, 0.25) is 0 Å². The molecule has 0 fully saturated rings. The van der Waals surface area contributed by atoms with E-state index in [1.54, 1.807) is 24.3 Å². The number of nitrogens with zero attached hydrogens (tertiary/aromatic N) is 3. The number of pyridine rings is 1. The van der Waals surface area contributed by atoms with E-state index in [2.05, 4.69) is 15.5 Å². The first-order chi connectivity index (χ1) is 11.2. The molecule has 0 atom stereocenters. The first kappa shape index (κ1) is 14.6. The van der Waals surface area contributed by atoms with Crippen LogP contribution in [0.5, 0.6) is 0 Å². The molecule has 0 unspecified atom stereocenters. The van der Waals surface area contributed by atoms with Crippen LogP contribution in [-0.2, 0) is 0 Å². The molecule has 3 aromatic rings. The normalized spacial score (nSPS) is 10.8. The van der Waals surface area contributed by atoms with Crippen LogP contribution >= 0.6 is 0 Å². The fraction of sp³-hybridized carbons (Fsp3) is 0. The zero-order chi connectivity index (χ0) is 16.1. The van der Waals surface area contributed by atoms with Crippen molar-refractivity contribution in [3.8, 4) is 5.69 Å². The van der Waals surface area contributed by atoms with Crippen molar-refractivity contribution >= 4 is 12.1 Å². The minimum atomic E-state index is -0.316. The summed E-state index contributed by atoms with van der Waals surface area (Å²) >= 11 is 0. The van der Waals surface area contributed by atoms with Gasteiger partial charge < -0.3 is 4.57 Å². The smallest absolute Gasteiger partial charge is 0.271 e. The van der Waals surface area contributed by atoms with Crippen molar-refractivity contribution in [2.45, 2.75) is 0 Å². The summed E-state index contributed by atoms with van der Waals surface area (Å²) in [6.07, 6.45) is 6.44. The molecule has 23 heavy (non-hydrogen) atoms. The van der Waals surface area contributed by atoms with Gasteiger partial charge in [0.1, 0.15) is 5.82 Å². The molecule has 6 heteroatoms. The van der Waals surface area contributed by atoms with Gasteiger partial charge in [-0.2, -0.15) is 5.10 Å². The highest BCUT2D eigenvalue weighted by atomic mass is 19.1. The maximum atomic E-state index is 13.0. The molecule has 3 rings (SSSR count). The Balaban J connectivity index is 1.73. The van der Waals surface area contributed by atoms with E-state index in [0.717, 1.165) is 11.4 Å². The van der Waals surface area contributed by atoms with E-state index in [1.165, 1.54) is 30.7 Å². The number of nitrogens with one attached hydrogen (secondary N) is 1. The summed E-state index contributed by atoms with van der Waals surface area (Å²) in [5, 5.41) is 3.95. The number of halogens is 1. The maximum absolute atomic E-state index is 13.0. The summed E-state index contributed by atoms with van der Waals surface area (Å²) in [5.41, 5.74) is 4.49. The van der Waals surface area contributed by atoms with Crippen LogP contribution in [0.3, 0.4) is 0 Å². The van der Waals surface area contributed by atoms with Crippen LogP contribution in [0.4, 0.5) is 4.39 Å². The molecule has 1 N–H and O–H groups in total. The maximum Gasteiger partial charge on any atom is 0.271 e. The molecule has 114 valence electrons. The van der Waals surface area contributed by atoms with Gasteiger partial charge in [0.15, 0.2) is 0 Å². The van der Waals surface area contributed by atoms with Gasteiger partial charge in [0.05, 0.1) is 11.9 Å². The average molecular weight is 308 g/mol. The lowest BCUT2D eigenvalue weighted by molar-refractivity contribution is 0.0955. The lowest BCUT2D eigenvalue weighted by atomic mass is 10.3. The van der Waals surface area contributed by atoms with Gasteiger partial charge in [-0.25, -0.2) is 9.82 Å². The van der Waals surface area contributed by atoms with E-state index >= 15 is 0 Å². The predicted molar refractivity (Wildman–Crippen MR) is 85.0 cm³/mol. The molecule has 2 heterocycles. The lowest BCUT2D eigenvalue weighted by Crippen LogP contribution is -2.17. The number of amides is 1. The Bertz CT molecular complexity index is 825. The minimum absolute atomic E-state index is 0.291. The Labute approximate surface area is 132 Å². The Morgan fingerprint density at radius 3 is 2.61 bits per heavy atom. The summed E-state index contributed by atoms with van der Waals surface area (Å²) in [6.45, 7) is 0. The van der Waals surface area contributed by atoms with Gasteiger partial charge in [0, 0.05) is 29.8 Å². The molecule has 1 aromatic carbocycles. The molecule has 0 bridgehead atoms. The molecule has 5 nitrogen and oxygen atoms in total. The third-order valence-corrected chi connectivity index (χ3v) is 3.19. The molecular formula is C17H13FN4O. The fourth-order valence-corrected chi connectivity index (χ4v) is 2.06. The first-order valence-electron chi connectivity index (χ1n) is 6.91. The number of hydrogen-bond donors (Lipinski definition) is 1. The van der Waals surface area contributed by atoms with Gasteiger partial charge in [0.2, 0.25) is 0 Å². The highest BCUT2D eigenvalue weighted by Gasteiger charge is 2.04. The molecule has 0 aliphatic heterocycles. The van der Waals surface area contributed by atoms with Gasteiger partial charge in [-0.05, 0) is 48.5 Å². The van der Waals surface area contributed by atoms with E-state index < -0.39 is 0 Å². The van der Waals surface area contributed by atoms with Crippen molar-refractivity contribution < 1.29 is 9.18 Å². The summed E-state index contributed by atoms with van der Waals surface area (Å²) in [4.78, 5) is 15.7. The van der Waals surface area contributed by atoms with Crippen LogP contribution in [0.1, 0.15) is 16.1 Å². The monoisotopic (exact) mass is 308 g/mol. The Morgan fingerprint density at radius 2 is 1.87 bits per heavy atom. The zero-order valence-corrected chi connectivity index (χ0v) is 12.1. The quantitative estimate of drug-likeness (QED) is 0.595. The topological polar surface area (TPSA) is 59.3 Å². The molecule has 0 radical (unpaired) electrons. The Kier molecular flexibility index (Phi) is 4.24. The van der Waals surface area contributed by atoms with Gasteiger partial charge in [0.25, 0.3) is 5.91 Å². The van der Waals surface area contributed by atoms with E-state index in [-0.39, 0.29) is 11.7 Å². The SMILES string of the molecule is O=C(N/N=C/c1cccn1-c1ccc(F)cc1)c1ccncc1. The van der Waals surface area contributed by atoms with Crippen LogP contribution in [0.25, 0.3) is 5.69 Å². The number of hydrogen-bond acceptors (Lipinski definition) is 3. The third kappa shape index (κ3) is 3.49. The fourth-order valence-electron chi connectivity index (χ4n) is 2.06. The van der Waals surface area contributed by atoms with Crippen LogP contribution in [0.15, 0.2) is 72.2 Å². The van der Waals surface area contributed by atoms with E-state index in [1.807, 2.05) is 22.9 Å². The molecule has 0 saturated heterocycles. The third-order valence-electron chi connectivity index (χ3n) is 3.19. The van der Waals surface area contributed by atoms with Crippen LogP contribution in [0, 0.1) is 5.82 Å². The van der Waals surface area contributed by atoms with Crippen LogP contribution < -0.4 is 5.43 Å². The second-order valence-corrected chi connectivity index (χ2v) is 4.71. The Morgan fingerprint density at radius 1 is 1.13 bits per heavy atom. The van der Waals surface area contributed by atoms with Gasteiger partial charge >= 0.3 is 0 Å². The predicted octanol–water partition coefficient (Wildman–Crippen LogP) is 2.78. The summed E-state index contributed by atoms with van der Waals surface area (Å²) in [6, 6.07) is 13.0. The molecule has 1 amide bonds. The number of hydrazone groups is 1. The number of aromatic nitrogens is 2. The summed E-state index contributed by atoms with van der Waals surface area (Å²) in [7, 11) is 0. The minimum Gasteiger partial charge on any atom is -0.316 e. The number of benzene rings is 1. The number of rotatable bonds is 4. The molecule has 2 aromatic heterocycles. The van der Waals surface area contributed by atoms with Crippen molar-refractivity contribution in [2.24, 2.45) is 5.10 Å². The Hall–Kier alpha value is -3.28. The van der Waals surface area contributed by atoms with Crippen LogP contribution in [-0.4, -0.2) is 21.7 Å². The van der Waals surface area contributed by atoms with Gasteiger partial charge in [-0.3, -0.25) is 9.78 Å². The largest absolute Gasteiger partial charge is 0.316 e. The second-order valence-electron chi connectivity index (χ2n) is 4.71. The standard InChI is InChI=1S/C17H13FN4O/c18-14-3-5-15(6-4-14)22-11-1-2-16(22)12-20-21-17(23)13-7-9-19-10-8-13/h1-12H,(H,21,23)/b20-12+. The van der Waals surface area contributed by atoms with Crippen molar-refractivity contribution in [3.63, 3.8) is 0 Å². The number of carbonyl (C=O) groups excluding carboxylic acids is 1. The van der Waals surface area contributed by atoms with Gasteiger partial charge in [-0.15, -0.1) is 0 Å². The van der Waals surface area contributed by atoms with Crippen molar-refractivity contribution in [3.05, 3.63) is 84.2 Å². The van der Waals surface area contributed by atoms with E-state index in [4.69, 9.17) is 0 Å². The molecule has 0 spiro atoms.